The summed E-state index contributed by atoms with van der Waals surface area (Å²) in [6.45, 7) is 3.38. The third-order valence-corrected chi connectivity index (χ3v) is 2.24. The lowest BCUT2D eigenvalue weighted by Crippen LogP contribution is -2.38. The van der Waals surface area contributed by atoms with E-state index >= 15 is 0 Å². The van der Waals surface area contributed by atoms with E-state index in [1.165, 1.54) is 21.1 Å². The topological polar surface area (TPSA) is 52.6 Å². The van der Waals surface area contributed by atoms with E-state index in [9.17, 15) is 9.59 Å². The number of rotatable bonds is 5. The second-order valence-corrected chi connectivity index (χ2v) is 3.47. The van der Waals surface area contributed by atoms with E-state index in [1.54, 1.807) is 12.2 Å². The minimum absolute atomic E-state index is 0.247. The molecule has 16 heavy (non-hydrogen) atoms. The Kier molecular flexibility index (Phi) is 6.15. The summed E-state index contributed by atoms with van der Waals surface area (Å²) in [5.74, 6) is -1.19. The summed E-state index contributed by atoms with van der Waals surface area (Å²) in [7, 11) is 2.50. The Morgan fingerprint density at radius 3 is 2.00 bits per heavy atom. The van der Waals surface area contributed by atoms with Crippen LogP contribution in [0.15, 0.2) is 24.3 Å². The molecule has 0 aliphatic rings. The van der Waals surface area contributed by atoms with Crippen LogP contribution in [-0.2, 0) is 19.1 Å². The van der Waals surface area contributed by atoms with Crippen molar-refractivity contribution in [2.75, 3.05) is 14.2 Å². The molecule has 0 unspecified atom stereocenters. The highest BCUT2D eigenvalue weighted by molar-refractivity contribution is 5.99. The van der Waals surface area contributed by atoms with Crippen molar-refractivity contribution < 1.29 is 19.1 Å². The van der Waals surface area contributed by atoms with Crippen LogP contribution in [0.2, 0.25) is 0 Å². The summed E-state index contributed by atoms with van der Waals surface area (Å²) >= 11 is 0. The van der Waals surface area contributed by atoms with Gasteiger partial charge < -0.3 is 9.47 Å². The fraction of sp³-hybridized carbons (Fsp3) is 0.500. The van der Waals surface area contributed by atoms with Crippen molar-refractivity contribution in [1.82, 2.24) is 0 Å². The molecule has 0 aliphatic heterocycles. The average molecular weight is 226 g/mol. The average Bonchev–Trinajstić information content (AvgIpc) is 2.32. The third kappa shape index (κ3) is 3.53. The predicted molar refractivity (Wildman–Crippen MR) is 60.7 cm³/mol. The van der Waals surface area contributed by atoms with Gasteiger partial charge in [0.05, 0.1) is 14.2 Å². The fourth-order valence-electron chi connectivity index (χ4n) is 1.19. The molecule has 90 valence electrons. The van der Waals surface area contributed by atoms with Gasteiger partial charge in [-0.3, -0.25) is 9.59 Å². The van der Waals surface area contributed by atoms with Gasteiger partial charge in [-0.1, -0.05) is 24.3 Å². The minimum Gasteiger partial charge on any atom is -0.468 e. The Labute approximate surface area is 95.9 Å². The molecular weight excluding hydrogens is 208 g/mol. The SMILES string of the molecule is C/C=C/C=C\CC(C)(C(=O)OC)C(=O)OC. The molecular formula is C12H18O4. The van der Waals surface area contributed by atoms with E-state index in [1.807, 2.05) is 19.1 Å². The van der Waals surface area contributed by atoms with Crippen LogP contribution in [0.3, 0.4) is 0 Å². The van der Waals surface area contributed by atoms with Crippen molar-refractivity contribution >= 4 is 11.9 Å². The highest BCUT2D eigenvalue weighted by Gasteiger charge is 2.42. The smallest absolute Gasteiger partial charge is 0.323 e. The van der Waals surface area contributed by atoms with Crippen LogP contribution in [0.25, 0.3) is 0 Å². The molecule has 0 aromatic heterocycles. The van der Waals surface area contributed by atoms with E-state index in [4.69, 9.17) is 0 Å². The molecule has 0 aromatic rings. The molecule has 0 atom stereocenters. The standard InChI is InChI=1S/C12H18O4/c1-5-6-7-8-9-12(2,10(13)15-3)11(14)16-4/h5-8H,9H2,1-4H3/b6-5+,8-7-. The maximum Gasteiger partial charge on any atom is 0.323 e. The molecule has 0 amide bonds. The lowest BCUT2D eigenvalue weighted by atomic mass is 9.86. The molecule has 0 N–H and O–H groups in total. The van der Waals surface area contributed by atoms with Crippen LogP contribution < -0.4 is 0 Å². The Morgan fingerprint density at radius 1 is 1.12 bits per heavy atom. The summed E-state index contributed by atoms with van der Waals surface area (Å²) in [6.07, 6.45) is 7.41. The van der Waals surface area contributed by atoms with Gasteiger partial charge in [-0.05, 0) is 20.3 Å². The monoisotopic (exact) mass is 226 g/mol. The molecule has 0 aromatic carbocycles. The first kappa shape index (κ1) is 14.4. The van der Waals surface area contributed by atoms with E-state index in [0.717, 1.165) is 0 Å². The molecule has 0 bridgehead atoms. The predicted octanol–water partition coefficient (Wildman–Crippen LogP) is 1.86. The number of hydrogen-bond donors (Lipinski definition) is 0. The number of methoxy groups -OCH3 is 2. The van der Waals surface area contributed by atoms with Gasteiger partial charge in [0.1, 0.15) is 0 Å². The molecule has 0 radical (unpaired) electrons. The van der Waals surface area contributed by atoms with Gasteiger partial charge in [0, 0.05) is 0 Å². The van der Waals surface area contributed by atoms with Crippen LogP contribution in [0.5, 0.6) is 0 Å². The number of ether oxygens (including phenoxy) is 2. The van der Waals surface area contributed by atoms with Crippen LogP contribution in [0.4, 0.5) is 0 Å². The largest absolute Gasteiger partial charge is 0.468 e. The molecule has 4 nitrogen and oxygen atoms in total. The van der Waals surface area contributed by atoms with Crippen LogP contribution >= 0.6 is 0 Å². The first-order chi connectivity index (χ1) is 7.52. The van der Waals surface area contributed by atoms with Crippen molar-refractivity contribution in [1.29, 1.82) is 0 Å². The van der Waals surface area contributed by atoms with E-state index in [2.05, 4.69) is 9.47 Å². The number of esters is 2. The van der Waals surface area contributed by atoms with Gasteiger partial charge >= 0.3 is 11.9 Å². The van der Waals surface area contributed by atoms with Gasteiger partial charge in [-0.25, -0.2) is 0 Å². The number of hydrogen-bond acceptors (Lipinski definition) is 4. The Hall–Kier alpha value is -1.58. The summed E-state index contributed by atoms with van der Waals surface area (Å²) in [6, 6.07) is 0. The third-order valence-electron chi connectivity index (χ3n) is 2.24. The maximum absolute atomic E-state index is 11.5. The van der Waals surface area contributed by atoms with Crippen molar-refractivity contribution in [2.45, 2.75) is 20.3 Å². The molecule has 4 heteroatoms. The maximum atomic E-state index is 11.5. The Bertz CT molecular complexity index is 286. The lowest BCUT2D eigenvalue weighted by molar-refractivity contribution is -0.167. The Balaban J connectivity index is 4.80. The van der Waals surface area contributed by atoms with Crippen molar-refractivity contribution in [3.8, 4) is 0 Å². The van der Waals surface area contributed by atoms with Crippen LogP contribution in [0.1, 0.15) is 20.3 Å². The zero-order valence-corrected chi connectivity index (χ0v) is 10.1. The van der Waals surface area contributed by atoms with Crippen LogP contribution in [-0.4, -0.2) is 26.2 Å². The van der Waals surface area contributed by atoms with Gasteiger partial charge in [0.15, 0.2) is 5.41 Å². The van der Waals surface area contributed by atoms with Crippen molar-refractivity contribution in [2.24, 2.45) is 5.41 Å². The molecule has 0 saturated heterocycles. The first-order valence-corrected chi connectivity index (χ1v) is 4.97. The van der Waals surface area contributed by atoms with E-state index in [-0.39, 0.29) is 6.42 Å². The van der Waals surface area contributed by atoms with Gasteiger partial charge in [0.2, 0.25) is 0 Å². The van der Waals surface area contributed by atoms with E-state index < -0.39 is 17.4 Å². The minimum atomic E-state index is -1.28. The zero-order valence-electron chi connectivity index (χ0n) is 10.1. The molecule has 0 saturated carbocycles. The number of carbonyl (C=O) groups is 2. The molecule has 0 spiro atoms. The second-order valence-electron chi connectivity index (χ2n) is 3.47. The summed E-state index contributed by atoms with van der Waals surface area (Å²) in [4.78, 5) is 23.0. The zero-order chi connectivity index (χ0) is 12.6. The van der Waals surface area contributed by atoms with Crippen LogP contribution in [0, 0.1) is 5.41 Å². The lowest BCUT2D eigenvalue weighted by Gasteiger charge is -2.21. The summed E-state index contributed by atoms with van der Waals surface area (Å²) in [5, 5.41) is 0. The summed E-state index contributed by atoms with van der Waals surface area (Å²) in [5.41, 5.74) is -1.28. The highest BCUT2D eigenvalue weighted by Crippen LogP contribution is 2.25. The van der Waals surface area contributed by atoms with Gasteiger partial charge in [-0.2, -0.15) is 0 Å². The molecule has 0 rings (SSSR count). The second kappa shape index (κ2) is 6.82. The number of allylic oxidation sites excluding steroid dienone is 4. The quantitative estimate of drug-likeness (QED) is 0.408. The van der Waals surface area contributed by atoms with Gasteiger partial charge in [0.25, 0.3) is 0 Å². The summed E-state index contributed by atoms with van der Waals surface area (Å²) < 4.78 is 9.21. The highest BCUT2D eigenvalue weighted by atomic mass is 16.5. The number of carbonyl (C=O) groups excluding carboxylic acids is 2. The van der Waals surface area contributed by atoms with Gasteiger partial charge in [-0.15, -0.1) is 0 Å². The van der Waals surface area contributed by atoms with Crippen molar-refractivity contribution in [3.63, 3.8) is 0 Å². The molecule has 0 fully saturated rings. The Morgan fingerprint density at radius 2 is 1.62 bits per heavy atom. The normalized spacial score (nSPS) is 12.0. The first-order valence-electron chi connectivity index (χ1n) is 4.97. The molecule has 0 aliphatic carbocycles. The molecule has 0 heterocycles. The van der Waals surface area contributed by atoms with Crippen molar-refractivity contribution in [3.05, 3.63) is 24.3 Å². The fourth-order valence-corrected chi connectivity index (χ4v) is 1.19. The van der Waals surface area contributed by atoms with E-state index in [0.29, 0.717) is 0 Å².